The second-order valence-corrected chi connectivity index (χ2v) is 6.93. The van der Waals surface area contributed by atoms with Gasteiger partial charge >= 0.3 is 11.5 Å². The molecule has 0 aliphatic heterocycles. The number of aromatic amines is 1. The zero-order valence-corrected chi connectivity index (χ0v) is 13.1. The second-order valence-electron chi connectivity index (χ2n) is 5.01. The van der Waals surface area contributed by atoms with Gasteiger partial charge in [0, 0.05) is 11.3 Å². The number of rotatable bonds is 4. The second kappa shape index (κ2) is 6.13. The van der Waals surface area contributed by atoms with Crippen molar-refractivity contribution in [1.82, 2.24) is 4.98 Å². The lowest BCUT2D eigenvalue weighted by molar-refractivity contribution is 0.102. The number of aromatic nitrogens is 1. The average molecular weight is 368 g/mol. The molecule has 0 radical (unpaired) electrons. The predicted molar refractivity (Wildman–Crippen MR) is 84.4 cm³/mol. The number of anilines is 1. The zero-order chi connectivity index (χ0) is 18.2. The molecular formula is C15H10F2N2O5S. The van der Waals surface area contributed by atoms with Crippen molar-refractivity contribution in [3.05, 3.63) is 58.6 Å². The van der Waals surface area contributed by atoms with Gasteiger partial charge in [-0.25, -0.2) is 13.2 Å². The summed E-state index contributed by atoms with van der Waals surface area (Å²) in [5, 5.41) is 2.54. The van der Waals surface area contributed by atoms with Crippen LogP contribution in [0.5, 0.6) is 0 Å². The van der Waals surface area contributed by atoms with E-state index < -0.39 is 32.2 Å². The minimum atomic E-state index is -4.71. The highest BCUT2D eigenvalue weighted by atomic mass is 32.2. The molecule has 130 valence electrons. The van der Waals surface area contributed by atoms with Crippen LogP contribution in [0, 0.1) is 0 Å². The molecule has 0 saturated carbocycles. The van der Waals surface area contributed by atoms with Crippen molar-refractivity contribution < 1.29 is 26.4 Å². The number of carbonyl (C=O) groups is 1. The van der Waals surface area contributed by atoms with Crippen LogP contribution >= 0.6 is 0 Å². The van der Waals surface area contributed by atoms with Crippen LogP contribution in [0.2, 0.25) is 0 Å². The third-order valence-electron chi connectivity index (χ3n) is 3.36. The zero-order valence-electron chi connectivity index (χ0n) is 12.3. The molecular weight excluding hydrogens is 358 g/mol. The van der Waals surface area contributed by atoms with Crippen molar-refractivity contribution in [2.45, 2.75) is 10.7 Å². The Bertz CT molecular complexity index is 1100. The van der Waals surface area contributed by atoms with Gasteiger partial charge in [0.05, 0.1) is 10.4 Å². The first-order chi connectivity index (χ1) is 11.8. The van der Waals surface area contributed by atoms with Crippen LogP contribution in [0.4, 0.5) is 14.5 Å². The number of halogens is 2. The number of hydrogen-bond donors (Lipinski definition) is 2. The van der Waals surface area contributed by atoms with Crippen molar-refractivity contribution in [2.24, 2.45) is 0 Å². The summed E-state index contributed by atoms with van der Waals surface area (Å²) < 4.78 is 52.5. The Morgan fingerprint density at radius 1 is 1.12 bits per heavy atom. The fourth-order valence-electron chi connectivity index (χ4n) is 2.13. The van der Waals surface area contributed by atoms with E-state index in [0.29, 0.717) is 16.8 Å². The van der Waals surface area contributed by atoms with Gasteiger partial charge in [0.15, 0.2) is 5.58 Å². The minimum absolute atomic E-state index is 0.0778. The molecule has 0 fully saturated rings. The lowest BCUT2D eigenvalue weighted by Crippen LogP contribution is -2.14. The highest BCUT2D eigenvalue weighted by molar-refractivity contribution is 7.91. The number of H-pyrrole nitrogens is 1. The topological polar surface area (TPSA) is 109 Å². The van der Waals surface area contributed by atoms with E-state index >= 15 is 0 Å². The van der Waals surface area contributed by atoms with Crippen LogP contribution in [0.25, 0.3) is 11.1 Å². The van der Waals surface area contributed by atoms with Gasteiger partial charge in [-0.05, 0) is 42.5 Å². The normalized spacial score (nSPS) is 11.8. The molecule has 3 rings (SSSR count). The van der Waals surface area contributed by atoms with E-state index in [4.69, 9.17) is 4.42 Å². The van der Waals surface area contributed by atoms with Crippen molar-refractivity contribution in [3.63, 3.8) is 0 Å². The average Bonchev–Trinajstić information content (AvgIpc) is 2.94. The highest BCUT2D eigenvalue weighted by Gasteiger charge is 2.26. The third-order valence-corrected chi connectivity index (χ3v) is 4.75. The molecule has 1 aromatic heterocycles. The molecule has 0 aliphatic rings. The van der Waals surface area contributed by atoms with E-state index in [1.807, 2.05) is 0 Å². The summed E-state index contributed by atoms with van der Waals surface area (Å²) in [6.45, 7) is 0. The van der Waals surface area contributed by atoms with Crippen LogP contribution in [-0.4, -0.2) is 25.1 Å². The van der Waals surface area contributed by atoms with Gasteiger partial charge in [-0.1, -0.05) is 0 Å². The summed E-state index contributed by atoms with van der Waals surface area (Å²) in [4.78, 5) is 25.1. The Labute approximate surface area is 139 Å². The number of sulfone groups is 1. The number of oxazole rings is 1. The molecule has 0 unspecified atom stereocenters. The van der Waals surface area contributed by atoms with Gasteiger partial charge in [-0.3, -0.25) is 9.78 Å². The molecule has 2 aromatic carbocycles. The summed E-state index contributed by atoms with van der Waals surface area (Å²) in [6, 6.07) is 8.60. The number of amides is 1. The van der Waals surface area contributed by atoms with E-state index in [9.17, 15) is 26.8 Å². The van der Waals surface area contributed by atoms with Gasteiger partial charge in [0.1, 0.15) is 0 Å². The van der Waals surface area contributed by atoms with E-state index in [1.165, 1.54) is 18.2 Å². The maximum absolute atomic E-state index is 12.5. The molecule has 0 aliphatic carbocycles. The smallest absolute Gasteiger partial charge is 0.408 e. The first kappa shape index (κ1) is 16.8. The number of benzene rings is 2. The maximum atomic E-state index is 12.5. The molecule has 0 saturated heterocycles. The summed E-state index contributed by atoms with van der Waals surface area (Å²) in [6.07, 6.45) is 0. The molecule has 2 N–H and O–H groups in total. The van der Waals surface area contributed by atoms with Crippen molar-refractivity contribution >= 4 is 32.5 Å². The monoisotopic (exact) mass is 368 g/mol. The minimum Gasteiger partial charge on any atom is -0.408 e. The number of nitrogens with one attached hydrogen (secondary N) is 2. The van der Waals surface area contributed by atoms with Crippen molar-refractivity contribution in [3.8, 4) is 0 Å². The summed E-state index contributed by atoms with van der Waals surface area (Å²) in [5.74, 6) is -4.74. The van der Waals surface area contributed by atoms with Gasteiger partial charge in [0.25, 0.3) is 5.91 Å². The quantitative estimate of drug-likeness (QED) is 0.735. The molecule has 7 nitrogen and oxygen atoms in total. The number of alkyl halides is 2. The summed E-state index contributed by atoms with van der Waals surface area (Å²) >= 11 is 0. The number of carbonyl (C=O) groups excluding carboxylic acids is 1. The van der Waals surface area contributed by atoms with E-state index in [0.717, 1.165) is 24.3 Å². The lowest BCUT2D eigenvalue weighted by Gasteiger charge is -2.07. The lowest BCUT2D eigenvalue weighted by atomic mass is 10.2. The molecule has 0 atom stereocenters. The summed E-state index contributed by atoms with van der Waals surface area (Å²) in [5.41, 5.74) is 1.15. The largest absolute Gasteiger partial charge is 0.417 e. The Morgan fingerprint density at radius 2 is 1.80 bits per heavy atom. The third kappa shape index (κ3) is 3.29. The van der Waals surface area contributed by atoms with Gasteiger partial charge < -0.3 is 9.73 Å². The summed E-state index contributed by atoms with van der Waals surface area (Å²) in [7, 11) is -4.71. The van der Waals surface area contributed by atoms with Crippen LogP contribution < -0.4 is 11.1 Å². The molecule has 10 heteroatoms. The molecule has 1 amide bonds. The van der Waals surface area contributed by atoms with E-state index in [2.05, 4.69) is 10.3 Å². The van der Waals surface area contributed by atoms with E-state index in [1.54, 1.807) is 0 Å². The van der Waals surface area contributed by atoms with Gasteiger partial charge in [-0.15, -0.1) is 0 Å². The van der Waals surface area contributed by atoms with Crippen molar-refractivity contribution in [1.29, 1.82) is 0 Å². The van der Waals surface area contributed by atoms with Crippen LogP contribution in [0.15, 0.2) is 56.6 Å². The highest BCUT2D eigenvalue weighted by Crippen LogP contribution is 2.20. The Morgan fingerprint density at radius 3 is 2.44 bits per heavy atom. The first-order valence-corrected chi connectivity index (χ1v) is 8.38. The fraction of sp³-hybridized carbons (Fsp3) is 0.0667. The van der Waals surface area contributed by atoms with Crippen LogP contribution in [0.3, 0.4) is 0 Å². The Kier molecular flexibility index (Phi) is 4.13. The molecule has 25 heavy (non-hydrogen) atoms. The van der Waals surface area contributed by atoms with Crippen LogP contribution in [-0.2, 0) is 9.84 Å². The molecule has 1 heterocycles. The maximum Gasteiger partial charge on any atom is 0.417 e. The molecule has 0 bridgehead atoms. The Hall–Kier alpha value is -3.01. The number of hydrogen-bond acceptors (Lipinski definition) is 5. The fourth-order valence-corrected chi connectivity index (χ4v) is 2.85. The first-order valence-electron chi connectivity index (χ1n) is 6.84. The Balaban J connectivity index is 1.81. The standard InChI is InChI=1S/C15H10F2N2O5S/c16-14(17)25(22,23)10-4-1-8(2-5-10)13(20)18-9-3-6-12-11(7-9)19-15(21)24-12/h1-7,14H,(H,18,20)(H,19,21). The van der Waals surface area contributed by atoms with E-state index in [-0.39, 0.29) is 5.56 Å². The molecule has 0 spiro atoms. The SMILES string of the molecule is O=C(Nc1ccc2oc(=O)[nH]c2c1)c1ccc(S(=O)(=O)C(F)F)cc1. The molecule has 3 aromatic rings. The van der Waals surface area contributed by atoms with Gasteiger partial charge in [0.2, 0.25) is 9.84 Å². The number of fused-ring (bicyclic) bond motifs is 1. The van der Waals surface area contributed by atoms with Crippen molar-refractivity contribution in [2.75, 3.05) is 5.32 Å². The van der Waals surface area contributed by atoms with Gasteiger partial charge in [-0.2, -0.15) is 8.78 Å². The van der Waals surface area contributed by atoms with Crippen LogP contribution in [0.1, 0.15) is 10.4 Å². The predicted octanol–water partition coefficient (Wildman–Crippen LogP) is 2.37.